The maximum Gasteiger partial charge on any atom is 0.410 e. The summed E-state index contributed by atoms with van der Waals surface area (Å²) in [4.78, 5) is 24.4. The third kappa shape index (κ3) is 6.82. The molecule has 1 aromatic carbocycles. The zero-order valence-electron chi connectivity index (χ0n) is 12.3. The number of halogens is 2. The zero-order valence-corrected chi connectivity index (χ0v) is 13.8. The van der Waals surface area contributed by atoms with E-state index in [4.69, 9.17) is 16.3 Å². The van der Waals surface area contributed by atoms with Gasteiger partial charge in [0.2, 0.25) is 5.24 Å². The first-order valence-electron chi connectivity index (χ1n) is 6.73. The van der Waals surface area contributed by atoms with Gasteiger partial charge in [-0.05, 0) is 43.9 Å². The molecule has 0 saturated carbocycles. The van der Waals surface area contributed by atoms with Crippen molar-refractivity contribution in [2.75, 3.05) is 13.2 Å². The van der Waals surface area contributed by atoms with Crippen LogP contribution in [-0.2, 0) is 16.0 Å². The predicted molar refractivity (Wildman–Crippen MR) is 86.1 cm³/mol. The van der Waals surface area contributed by atoms with Gasteiger partial charge in [0, 0.05) is 6.54 Å². The number of ether oxygens (including phenoxy) is 1. The largest absolute Gasteiger partial charge is 0.450 e. The molecule has 0 aromatic heterocycles. The minimum absolute atomic E-state index is 0. The smallest absolute Gasteiger partial charge is 0.410 e. The van der Waals surface area contributed by atoms with Crippen molar-refractivity contribution in [1.29, 1.82) is 0 Å². The van der Waals surface area contributed by atoms with E-state index >= 15 is 0 Å². The Balaban J connectivity index is 0.00000400. The van der Waals surface area contributed by atoms with Crippen LogP contribution in [0, 0.1) is 0 Å². The van der Waals surface area contributed by atoms with Gasteiger partial charge in [0.05, 0.1) is 6.61 Å². The van der Waals surface area contributed by atoms with Gasteiger partial charge in [-0.1, -0.05) is 30.3 Å². The van der Waals surface area contributed by atoms with Crippen molar-refractivity contribution in [2.45, 2.75) is 32.7 Å². The second kappa shape index (κ2) is 10.5. The number of benzene rings is 1. The molecule has 0 aliphatic carbocycles. The molecule has 1 atom stereocenters. The molecule has 21 heavy (non-hydrogen) atoms. The molecule has 1 rings (SSSR count). The molecule has 118 valence electrons. The van der Waals surface area contributed by atoms with Gasteiger partial charge in [0.1, 0.15) is 6.04 Å². The van der Waals surface area contributed by atoms with Crippen molar-refractivity contribution in [3.05, 3.63) is 35.9 Å². The van der Waals surface area contributed by atoms with Crippen LogP contribution in [0.4, 0.5) is 4.79 Å². The van der Waals surface area contributed by atoms with Crippen molar-refractivity contribution in [1.82, 2.24) is 4.90 Å². The minimum atomic E-state index is -0.675. The number of aryl methyl sites for hydroxylation is 1. The van der Waals surface area contributed by atoms with E-state index in [0.717, 1.165) is 12.8 Å². The number of amides is 1. The highest BCUT2D eigenvalue weighted by atomic mass is 35.5. The quantitative estimate of drug-likeness (QED) is 0.715. The zero-order chi connectivity index (χ0) is 15.0. The van der Waals surface area contributed by atoms with Crippen LogP contribution in [0.2, 0.25) is 0 Å². The van der Waals surface area contributed by atoms with Gasteiger partial charge < -0.3 is 4.74 Å². The third-order valence-electron chi connectivity index (χ3n) is 3.01. The first-order valence-corrected chi connectivity index (χ1v) is 7.10. The summed E-state index contributed by atoms with van der Waals surface area (Å²) in [5.41, 5.74) is 1.20. The van der Waals surface area contributed by atoms with Crippen molar-refractivity contribution >= 4 is 35.3 Å². The number of hydrogen-bond donors (Lipinski definition) is 0. The number of carbonyl (C=O) groups excluding carboxylic acids is 2. The minimum Gasteiger partial charge on any atom is -0.450 e. The van der Waals surface area contributed by atoms with Crippen LogP contribution in [0.3, 0.4) is 0 Å². The van der Waals surface area contributed by atoms with E-state index < -0.39 is 17.4 Å². The van der Waals surface area contributed by atoms with Crippen molar-refractivity contribution in [3.8, 4) is 0 Å². The van der Waals surface area contributed by atoms with Gasteiger partial charge in [-0.15, -0.1) is 12.4 Å². The normalized spacial score (nSPS) is 11.2. The summed E-state index contributed by atoms with van der Waals surface area (Å²) in [6.45, 7) is 4.05. The molecule has 0 fully saturated rings. The SMILES string of the molecule is CCOC(=O)N(CCCc1ccccc1)[C@@H](C)C(=O)Cl.Cl. The summed E-state index contributed by atoms with van der Waals surface area (Å²) in [7, 11) is 0. The summed E-state index contributed by atoms with van der Waals surface area (Å²) in [5, 5.41) is -0.558. The van der Waals surface area contributed by atoms with Gasteiger partial charge in [-0.3, -0.25) is 9.69 Å². The lowest BCUT2D eigenvalue weighted by molar-refractivity contribution is -0.115. The first kappa shape index (κ1) is 19.7. The first-order chi connectivity index (χ1) is 9.56. The monoisotopic (exact) mass is 333 g/mol. The molecule has 0 heterocycles. The highest BCUT2D eigenvalue weighted by molar-refractivity contribution is 6.64. The van der Waals surface area contributed by atoms with Crippen molar-refractivity contribution in [3.63, 3.8) is 0 Å². The molecule has 6 heteroatoms. The van der Waals surface area contributed by atoms with Gasteiger partial charge in [0.15, 0.2) is 0 Å². The summed E-state index contributed by atoms with van der Waals surface area (Å²) >= 11 is 5.47. The van der Waals surface area contributed by atoms with Crippen LogP contribution in [0.25, 0.3) is 0 Å². The fourth-order valence-electron chi connectivity index (χ4n) is 1.87. The topological polar surface area (TPSA) is 46.6 Å². The maximum absolute atomic E-state index is 11.8. The van der Waals surface area contributed by atoms with Crippen molar-refractivity contribution < 1.29 is 14.3 Å². The molecule has 1 aromatic rings. The standard InChI is InChI=1S/C15H20ClNO3.ClH/c1-3-20-15(19)17(12(2)14(16)18)11-7-10-13-8-5-4-6-9-13;/h4-6,8-9,12H,3,7,10-11H2,1-2H3;1H/t12-;/m0./s1. The highest BCUT2D eigenvalue weighted by Crippen LogP contribution is 2.09. The molecule has 0 aliphatic heterocycles. The van der Waals surface area contributed by atoms with Gasteiger partial charge in [0.25, 0.3) is 0 Å². The van der Waals surface area contributed by atoms with Crippen LogP contribution < -0.4 is 0 Å². The molecule has 1 amide bonds. The van der Waals surface area contributed by atoms with E-state index in [9.17, 15) is 9.59 Å². The average Bonchev–Trinajstić information content (AvgIpc) is 2.44. The van der Waals surface area contributed by atoms with E-state index in [1.807, 2.05) is 30.3 Å². The lowest BCUT2D eigenvalue weighted by Gasteiger charge is -2.25. The molecule has 0 N–H and O–H groups in total. The van der Waals surface area contributed by atoms with Crippen molar-refractivity contribution in [2.24, 2.45) is 0 Å². The van der Waals surface area contributed by atoms with Crippen LogP contribution >= 0.6 is 24.0 Å². The molecule has 0 aliphatic rings. The molecule has 4 nitrogen and oxygen atoms in total. The molecular formula is C15H21Cl2NO3. The molecular weight excluding hydrogens is 313 g/mol. The third-order valence-corrected chi connectivity index (χ3v) is 3.32. The Bertz CT molecular complexity index is 440. The fourth-order valence-corrected chi connectivity index (χ4v) is 1.99. The van der Waals surface area contributed by atoms with Crippen LogP contribution in [0.1, 0.15) is 25.8 Å². The number of nitrogens with zero attached hydrogens (tertiary/aromatic N) is 1. The Morgan fingerprint density at radius 1 is 1.29 bits per heavy atom. The number of rotatable bonds is 7. The average molecular weight is 334 g/mol. The molecule has 0 unspecified atom stereocenters. The Hall–Kier alpha value is -1.26. The van der Waals surface area contributed by atoms with E-state index in [1.165, 1.54) is 10.5 Å². The van der Waals surface area contributed by atoms with E-state index in [2.05, 4.69) is 0 Å². The van der Waals surface area contributed by atoms with Gasteiger partial charge >= 0.3 is 6.09 Å². The highest BCUT2D eigenvalue weighted by Gasteiger charge is 2.25. The summed E-state index contributed by atoms with van der Waals surface area (Å²) < 4.78 is 4.95. The van der Waals surface area contributed by atoms with Crippen LogP contribution in [0.15, 0.2) is 30.3 Å². The Morgan fingerprint density at radius 2 is 1.90 bits per heavy atom. The van der Waals surface area contributed by atoms with Crippen LogP contribution in [-0.4, -0.2) is 35.4 Å². The van der Waals surface area contributed by atoms with Gasteiger partial charge in [-0.25, -0.2) is 4.79 Å². The number of hydrogen-bond acceptors (Lipinski definition) is 3. The predicted octanol–water partition coefficient (Wildman–Crippen LogP) is 3.65. The van der Waals surface area contributed by atoms with E-state index in [1.54, 1.807) is 13.8 Å². The lowest BCUT2D eigenvalue weighted by atomic mass is 10.1. The summed E-state index contributed by atoms with van der Waals surface area (Å²) in [6, 6.07) is 9.30. The van der Waals surface area contributed by atoms with E-state index in [0.29, 0.717) is 6.54 Å². The molecule has 0 saturated heterocycles. The molecule has 0 spiro atoms. The summed E-state index contributed by atoms with van der Waals surface area (Å²) in [6.07, 6.45) is 1.08. The number of carbonyl (C=O) groups is 2. The molecule has 0 bridgehead atoms. The second-order valence-electron chi connectivity index (χ2n) is 4.46. The fraction of sp³-hybridized carbons (Fsp3) is 0.467. The van der Waals surface area contributed by atoms with Gasteiger partial charge in [-0.2, -0.15) is 0 Å². The van der Waals surface area contributed by atoms with Crippen LogP contribution in [0.5, 0.6) is 0 Å². The lowest BCUT2D eigenvalue weighted by Crippen LogP contribution is -2.42. The Labute approximate surface area is 136 Å². The summed E-state index contributed by atoms with van der Waals surface area (Å²) in [5.74, 6) is 0. The Kier molecular flexibility index (Phi) is 9.84. The van der Waals surface area contributed by atoms with E-state index in [-0.39, 0.29) is 19.0 Å². The maximum atomic E-state index is 11.8. The Morgan fingerprint density at radius 3 is 2.43 bits per heavy atom. The molecule has 0 radical (unpaired) electrons. The second-order valence-corrected chi connectivity index (χ2v) is 4.83.